The monoisotopic (exact) mass is 389 g/mol. The minimum absolute atomic E-state index is 0.220. The first-order valence-electron chi connectivity index (χ1n) is 8.30. The quantitative estimate of drug-likeness (QED) is 0.630. The van der Waals surface area contributed by atoms with Crippen molar-refractivity contribution in [3.8, 4) is 5.75 Å². The molecule has 0 fully saturated rings. The van der Waals surface area contributed by atoms with Gasteiger partial charge in [0.2, 0.25) is 0 Å². The minimum atomic E-state index is -1.07. The number of ether oxygens (including phenoxy) is 2. The standard InChI is InChI=1S/C20H20ClNO5/c21-17-10-9-16(18(12-17)26-14-19(23)24)8-4-5-11-22-20(25)27-13-15-6-2-1-3-7-15/h1-4,6-10,12H,5,11,13-14H2,(H,22,25)(H,23,24). The smallest absolute Gasteiger partial charge is 0.407 e. The predicted molar refractivity (Wildman–Crippen MR) is 103 cm³/mol. The first-order chi connectivity index (χ1) is 13.0. The number of carboxylic acids is 1. The normalized spacial score (nSPS) is 10.6. The van der Waals surface area contributed by atoms with E-state index in [-0.39, 0.29) is 6.61 Å². The Morgan fingerprint density at radius 3 is 2.67 bits per heavy atom. The molecule has 0 aliphatic carbocycles. The van der Waals surface area contributed by atoms with Crippen LogP contribution in [0.5, 0.6) is 5.75 Å². The molecule has 2 aromatic rings. The lowest BCUT2D eigenvalue weighted by Crippen LogP contribution is -2.24. The predicted octanol–water partition coefficient (Wildman–Crippen LogP) is 4.13. The highest BCUT2D eigenvalue weighted by molar-refractivity contribution is 6.30. The van der Waals surface area contributed by atoms with E-state index in [1.54, 1.807) is 24.3 Å². The zero-order valence-corrected chi connectivity index (χ0v) is 15.3. The summed E-state index contributed by atoms with van der Waals surface area (Å²) < 4.78 is 10.3. The molecule has 0 unspecified atom stereocenters. The number of carboxylic acid groups (broad SMARTS) is 1. The summed E-state index contributed by atoms with van der Waals surface area (Å²) in [5.74, 6) is -0.681. The molecule has 0 saturated carbocycles. The van der Waals surface area contributed by atoms with E-state index in [1.165, 1.54) is 0 Å². The van der Waals surface area contributed by atoms with E-state index in [4.69, 9.17) is 26.2 Å². The summed E-state index contributed by atoms with van der Waals surface area (Å²) in [6, 6.07) is 14.4. The van der Waals surface area contributed by atoms with E-state index in [0.29, 0.717) is 29.3 Å². The number of hydrogen-bond donors (Lipinski definition) is 2. The Morgan fingerprint density at radius 1 is 1.15 bits per heavy atom. The van der Waals surface area contributed by atoms with Crippen LogP contribution in [-0.4, -0.2) is 30.3 Å². The van der Waals surface area contributed by atoms with Crippen LogP contribution in [0.15, 0.2) is 54.6 Å². The fraction of sp³-hybridized carbons (Fsp3) is 0.200. The van der Waals surface area contributed by atoms with Gasteiger partial charge in [-0.15, -0.1) is 0 Å². The van der Waals surface area contributed by atoms with Gasteiger partial charge in [0.25, 0.3) is 0 Å². The van der Waals surface area contributed by atoms with E-state index in [9.17, 15) is 9.59 Å². The van der Waals surface area contributed by atoms with Crippen molar-refractivity contribution in [3.05, 3.63) is 70.8 Å². The van der Waals surface area contributed by atoms with Gasteiger partial charge in [-0.2, -0.15) is 0 Å². The summed E-state index contributed by atoms with van der Waals surface area (Å²) in [5, 5.41) is 11.8. The lowest BCUT2D eigenvalue weighted by atomic mass is 10.1. The van der Waals surface area contributed by atoms with Crippen LogP contribution in [0.1, 0.15) is 17.5 Å². The second-order valence-corrected chi connectivity index (χ2v) is 5.98. The van der Waals surface area contributed by atoms with E-state index >= 15 is 0 Å². The molecule has 7 heteroatoms. The maximum Gasteiger partial charge on any atom is 0.407 e. The van der Waals surface area contributed by atoms with Gasteiger partial charge in [0, 0.05) is 17.1 Å². The van der Waals surface area contributed by atoms with Gasteiger partial charge in [0.15, 0.2) is 6.61 Å². The van der Waals surface area contributed by atoms with Gasteiger partial charge in [0.05, 0.1) is 0 Å². The molecule has 0 atom stereocenters. The maximum absolute atomic E-state index is 11.6. The number of benzene rings is 2. The van der Waals surface area contributed by atoms with Crippen molar-refractivity contribution in [3.63, 3.8) is 0 Å². The number of halogens is 1. The van der Waals surface area contributed by atoms with E-state index < -0.39 is 18.7 Å². The number of hydrogen-bond acceptors (Lipinski definition) is 4. The molecule has 0 saturated heterocycles. The van der Waals surface area contributed by atoms with Crippen LogP contribution in [0.3, 0.4) is 0 Å². The van der Waals surface area contributed by atoms with Crippen LogP contribution < -0.4 is 10.1 Å². The zero-order valence-electron chi connectivity index (χ0n) is 14.6. The minimum Gasteiger partial charge on any atom is -0.481 e. The van der Waals surface area contributed by atoms with Gasteiger partial charge in [-0.1, -0.05) is 54.1 Å². The molecule has 2 rings (SSSR count). The third kappa shape index (κ3) is 7.83. The molecule has 0 aliphatic rings. The van der Waals surface area contributed by atoms with E-state index in [2.05, 4.69) is 5.32 Å². The number of nitrogens with one attached hydrogen (secondary N) is 1. The average Bonchev–Trinajstić information content (AvgIpc) is 2.66. The number of alkyl carbamates (subject to hydrolysis) is 1. The Kier molecular flexibility index (Phi) is 8.19. The summed E-state index contributed by atoms with van der Waals surface area (Å²) >= 11 is 5.91. The molecule has 0 radical (unpaired) electrons. The third-order valence-corrected chi connectivity index (χ3v) is 3.65. The fourth-order valence-electron chi connectivity index (χ4n) is 2.15. The van der Waals surface area contributed by atoms with Crippen LogP contribution in [0.25, 0.3) is 6.08 Å². The summed E-state index contributed by atoms with van der Waals surface area (Å²) in [6.07, 6.45) is 3.71. The topological polar surface area (TPSA) is 84.9 Å². The molecule has 0 heterocycles. The Bertz CT molecular complexity index is 792. The zero-order chi connectivity index (χ0) is 19.5. The van der Waals surface area contributed by atoms with Gasteiger partial charge in [0.1, 0.15) is 12.4 Å². The molecule has 2 aromatic carbocycles. The number of carbonyl (C=O) groups excluding carboxylic acids is 1. The highest BCUT2D eigenvalue weighted by Gasteiger charge is 2.05. The summed E-state index contributed by atoms with van der Waals surface area (Å²) in [7, 11) is 0. The molecule has 0 bridgehead atoms. The molecule has 0 spiro atoms. The van der Waals surface area contributed by atoms with Crippen molar-refractivity contribution in [2.75, 3.05) is 13.2 Å². The molecule has 2 N–H and O–H groups in total. The van der Waals surface area contributed by atoms with Crippen molar-refractivity contribution < 1.29 is 24.2 Å². The Labute approximate surface area is 162 Å². The van der Waals surface area contributed by atoms with Crippen LogP contribution >= 0.6 is 11.6 Å². The molecule has 0 aromatic heterocycles. The Morgan fingerprint density at radius 2 is 1.93 bits per heavy atom. The molecule has 142 valence electrons. The Balaban J connectivity index is 1.75. The van der Waals surface area contributed by atoms with Crippen molar-refractivity contribution >= 4 is 29.7 Å². The van der Waals surface area contributed by atoms with E-state index in [0.717, 1.165) is 5.56 Å². The molecular formula is C20H20ClNO5. The molecule has 0 aliphatic heterocycles. The first kappa shape index (κ1) is 20.3. The largest absolute Gasteiger partial charge is 0.481 e. The van der Waals surface area contributed by atoms with Crippen molar-refractivity contribution in [2.45, 2.75) is 13.0 Å². The van der Waals surface area contributed by atoms with Gasteiger partial charge in [-0.3, -0.25) is 0 Å². The Hall–Kier alpha value is -2.99. The number of aliphatic carboxylic acids is 1. The average molecular weight is 390 g/mol. The van der Waals surface area contributed by atoms with Crippen molar-refractivity contribution in [2.24, 2.45) is 0 Å². The van der Waals surface area contributed by atoms with Crippen LogP contribution in [0, 0.1) is 0 Å². The number of amides is 1. The summed E-state index contributed by atoms with van der Waals surface area (Å²) in [4.78, 5) is 22.3. The summed E-state index contributed by atoms with van der Waals surface area (Å²) in [6.45, 7) is 0.177. The van der Waals surface area contributed by atoms with Crippen LogP contribution in [0.2, 0.25) is 5.02 Å². The summed E-state index contributed by atoms with van der Waals surface area (Å²) in [5.41, 5.74) is 1.62. The van der Waals surface area contributed by atoms with Crippen molar-refractivity contribution in [1.29, 1.82) is 0 Å². The molecular weight excluding hydrogens is 370 g/mol. The van der Waals surface area contributed by atoms with Crippen LogP contribution in [0.4, 0.5) is 4.79 Å². The fourth-order valence-corrected chi connectivity index (χ4v) is 2.31. The van der Waals surface area contributed by atoms with E-state index in [1.807, 2.05) is 36.4 Å². The highest BCUT2D eigenvalue weighted by atomic mass is 35.5. The second kappa shape index (κ2) is 10.9. The van der Waals surface area contributed by atoms with Gasteiger partial charge < -0.3 is 19.9 Å². The molecule has 27 heavy (non-hydrogen) atoms. The lowest BCUT2D eigenvalue weighted by molar-refractivity contribution is -0.139. The SMILES string of the molecule is O=C(O)COc1cc(Cl)ccc1C=CCCNC(=O)OCc1ccccc1. The highest BCUT2D eigenvalue weighted by Crippen LogP contribution is 2.24. The third-order valence-electron chi connectivity index (χ3n) is 3.42. The van der Waals surface area contributed by atoms with Gasteiger partial charge in [-0.25, -0.2) is 9.59 Å². The lowest BCUT2D eigenvalue weighted by Gasteiger charge is -2.08. The number of rotatable bonds is 9. The van der Waals surface area contributed by atoms with Gasteiger partial charge >= 0.3 is 12.1 Å². The van der Waals surface area contributed by atoms with Crippen LogP contribution in [-0.2, 0) is 16.1 Å². The number of carbonyl (C=O) groups is 2. The molecule has 1 amide bonds. The molecule has 6 nitrogen and oxygen atoms in total. The first-order valence-corrected chi connectivity index (χ1v) is 8.67. The maximum atomic E-state index is 11.6. The second-order valence-electron chi connectivity index (χ2n) is 5.54. The van der Waals surface area contributed by atoms with Gasteiger partial charge in [-0.05, 0) is 30.2 Å². The van der Waals surface area contributed by atoms with Crippen molar-refractivity contribution in [1.82, 2.24) is 5.32 Å².